The molecule has 1 aliphatic heterocycles. The molecule has 0 radical (unpaired) electrons. The van der Waals surface area contributed by atoms with Crippen molar-refractivity contribution < 1.29 is 14.0 Å². The van der Waals surface area contributed by atoms with Gasteiger partial charge >= 0.3 is 0 Å². The Balaban J connectivity index is 1.90. The molecule has 6 heteroatoms. The fraction of sp³-hybridized carbons (Fsp3) is 0.333. The average molecular weight is 268 g/mol. The van der Waals surface area contributed by atoms with Crippen LogP contribution in [-0.2, 0) is 9.59 Å². The fourth-order valence-electron chi connectivity index (χ4n) is 1.75. The van der Waals surface area contributed by atoms with Crippen LogP contribution in [-0.4, -0.2) is 29.0 Å². The highest BCUT2D eigenvalue weighted by molar-refractivity contribution is 7.99. The van der Waals surface area contributed by atoms with Gasteiger partial charge in [-0.3, -0.25) is 14.5 Å². The lowest BCUT2D eigenvalue weighted by molar-refractivity contribution is -0.137. The standard InChI is InChI=1S/C12H13FN2O2S/c13-8-1-2-9(14)10(7-8)18-6-5-15-11(16)3-4-12(15)17/h1-2,7H,3-6,14H2. The van der Waals surface area contributed by atoms with E-state index < -0.39 is 0 Å². The minimum Gasteiger partial charge on any atom is -0.398 e. The quantitative estimate of drug-likeness (QED) is 0.512. The number of thioether (sulfide) groups is 1. The molecular formula is C12H13FN2O2S. The first-order valence-corrected chi connectivity index (χ1v) is 6.57. The maximum atomic E-state index is 13.0. The third kappa shape index (κ3) is 2.81. The van der Waals surface area contributed by atoms with Gasteiger partial charge in [-0.15, -0.1) is 11.8 Å². The number of nitrogens with two attached hydrogens (primary N) is 1. The van der Waals surface area contributed by atoms with Crippen molar-refractivity contribution in [2.45, 2.75) is 17.7 Å². The predicted molar refractivity (Wildman–Crippen MR) is 67.5 cm³/mol. The summed E-state index contributed by atoms with van der Waals surface area (Å²) in [6.07, 6.45) is 0.594. The first kappa shape index (κ1) is 12.9. The first-order valence-electron chi connectivity index (χ1n) is 5.59. The van der Waals surface area contributed by atoms with Gasteiger partial charge < -0.3 is 5.73 Å². The predicted octanol–water partition coefficient (Wildman–Crippen LogP) is 1.65. The van der Waals surface area contributed by atoms with Crippen molar-refractivity contribution in [3.05, 3.63) is 24.0 Å². The van der Waals surface area contributed by atoms with Crippen LogP contribution < -0.4 is 5.73 Å². The lowest BCUT2D eigenvalue weighted by Gasteiger charge is -2.13. The van der Waals surface area contributed by atoms with Crippen LogP contribution >= 0.6 is 11.8 Å². The van der Waals surface area contributed by atoms with Crippen LogP contribution in [0.2, 0.25) is 0 Å². The van der Waals surface area contributed by atoms with Gasteiger partial charge in [0.15, 0.2) is 0 Å². The first-order chi connectivity index (χ1) is 8.58. The Bertz CT molecular complexity index is 477. The van der Waals surface area contributed by atoms with E-state index in [0.717, 1.165) is 0 Å². The number of rotatable bonds is 4. The van der Waals surface area contributed by atoms with E-state index in [1.54, 1.807) is 0 Å². The van der Waals surface area contributed by atoms with Gasteiger partial charge in [0.25, 0.3) is 0 Å². The average Bonchev–Trinajstić information content (AvgIpc) is 2.65. The van der Waals surface area contributed by atoms with Crippen molar-refractivity contribution >= 4 is 29.3 Å². The molecule has 0 bridgehead atoms. The second kappa shape index (κ2) is 5.39. The zero-order valence-electron chi connectivity index (χ0n) is 9.69. The highest BCUT2D eigenvalue weighted by Crippen LogP contribution is 2.26. The van der Waals surface area contributed by atoms with Crippen molar-refractivity contribution in [1.29, 1.82) is 0 Å². The number of likely N-dealkylation sites (tertiary alicyclic amines) is 1. The molecule has 1 aromatic rings. The molecule has 96 valence electrons. The van der Waals surface area contributed by atoms with Crippen molar-refractivity contribution in [2.24, 2.45) is 0 Å². The van der Waals surface area contributed by atoms with Gasteiger partial charge in [0.1, 0.15) is 5.82 Å². The van der Waals surface area contributed by atoms with E-state index in [9.17, 15) is 14.0 Å². The molecule has 1 fully saturated rings. The number of amides is 2. The molecule has 0 aliphatic carbocycles. The van der Waals surface area contributed by atoms with Crippen LogP contribution in [0.25, 0.3) is 0 Å². The summed E-state index contributed by atoms with van der Waals surface area (Å²) in [5, 5.41) is 0. The van der Waals surface area contributed by atoms with Crippen LogP contribution in [0.4, 0.5) is 10.1 Å². The lowest BCUT2D eigenvalue weighted by Crippen LogP contribution is -2.31. The summed E-state index contributed by atoms with van der Waals surface area (Å²) < 4.78 is 13.0. The molecule has 0 atom stereocenters. The summed E-state index contributed by atoms with van der Waals surface area (Å²) in [6.45, 7) is 0.346. The number of nitrogen functional groups attached to an aromatic ring is 1. The highest BCUT2D eigenvalue weighted by atomic mass is 32.2. The lowest BCUT2D eigenvalue weighted by atomic mass is 10.3. The third-order valence-electron chi connectivity index (χ3n) is 2.70. The Morgan fingerprint density at radius 2 is 1.94 bits per heavy atom. The van der Waals surface area contributed by atoms with E-state index in [0.29, 0.717) is 35.7 Å². The van der Waals surface area contributed by atoms with Gasteiger partial charge in [-0.05, 0) is 18.2 Å². The number of halogens is 1. The number of carbonyl (C=O) groups excluding carboxylic acids is 2. The maximum absolute atomic E-state index is 13.0. The van der Waals surface area contributed by atoms with E-state index in [1.165, 1.54) is 34.9 Å². The molecule has 4 nitrogen and oxygen atoms in total. The zero-order valence-corrected chi connectivity index (χ0v) is 10.5. The van der Waals surface area contributed by atoms with Crippen molar-refractivity contribution in [3.8, 4) is 0 Å². The van der Waals surface area contributed by atoms with Crippen LogP contribution in [0.1, 0.15) is 12.8 Å². The minimum atomic E-state index is -0.347. The van der Waals surface area contributed by atoms with Gasteiger partial charge in [-0.2, -0.15) is 0 Å². The van der Waals surface area contributed by atoms with E-state index >= 15 is 0 Å². The Labute approximate surface area is 108 Å². The van der Waals surface area contributed by atoms with Crippen LogP contribution in [0.15, 0.2) is 23.1 Å². The van der Waals surface area contributed by atoms with E-state index in [1.807, 2.05) is 0 Å². The molecule has 1 aromatic carbocycles. The van der Waals surface area contributed by atoms with Crippen LogP contribution in [0, 0.1) is 5.82 Å². The summed E-state index contributed by atoms with van der Waals surface area (Å²) >= 11 is 1.34. The number of carbonyl (C=O) groups is 2. The smallest absolute Gasteiger partial charge is 0.229 e. The SMILES string of the molecule is Nc1ccc(F)cc1SCCN1C(=O)CCC1=O. The summed E-state index contributed by atoms with van der Waals surface area (Å²) in [5.41, 5.74) is 6.20. The van der Waals surface area contributed by atoms with Gasteiger partial charge in [0.2, 0.25) is 11.8 Å². The Morgan fingerprint density at radius 1 is 1.28 bits per heavy atom. The molecule has 1 saturated heterocycles. The Kier molecular flexibility index (Phi) is 3.86. The normalized spacial score (nSPS) is 15.5. The van der Waals surface area contributed by atoms with E-state index in [2.05, 4.69) is 0 Å². The van der Waals surface area contributed by atoms with E-state index in [4.69, 9.17) is 5.73 Å². The molecule has 18 heavy (non-hydrogen) atoms. The zero-order chi connectivity index (χ0) is 13.1. The Hall–Kier alpha value is -1.56. The number of hydrogen-bond donors (Lipinski definition) is 1. The van der Waals surface area contributed by atoms with Gasteiger partial charge in [-0.25, -0.2) is 4.39 Å². The number of imide groups is 1. The number of hydrogen-bond acceptors (Lipinski definition) is 4. The molecule has 0 unspecified atom stereocenters. The summed E-state index contributed by atoms with van der Waals surface area (Å²) in [6, 6.07) is 4.16. The molecule has 2 N–H and O–H groups in total. The van der Waals surface area contributed by atoms with Crippen LogP contribution in [0.3, 0.4) is 0 Å². The molecule has 1 aliphatic rings. The number of anilines is 1. The molecule has 0 saturated carbocycles. The summed E-state index contributed by atoms with van der Waals surface area (Å²) in [4.78, 5) is 24.6. The highest BCUT2D eigenvalue weighted by Gasteiger charge is 2.28. The summed E-state index contributed by atoms with van der Waals surface area (Å²) in [7, 11) is 0. The topological polar surface area (TPSA) is 63.4 Å². The monoisotopic (exact) mass is 268 g/mol. The number of nitrogens with zero attached hydrogens (tertiary/aromatic N) is 1. The minimum absolute atomic E-state index is 0.132. The van der Waals surface area contributed by atoms with E-state index in [-0.39, 0.29) is 17.6 Å². The molecule has 1 heterocycles. The van der Waals surface area contributed by atoms with Crippen molar-refractivity contribution in [3.63, 3.8) is 0 Å². The second-order valence-corrected chi connectivity index (χ2v) is 5.11. The van der Waals surface area contributed by atoms with Gasteiger partial charge in [0, 0.05) is 35.7 Å². The molecule has 0 spiro atoms. The number of benzene rings is 1. The maximum Gasteiger partial charge on any atom is 0.229 e. The molecular weight excluding hydrogens is 255 g/mol. The largest absolute Gasteiger partial charge is 0.398 e. The summed E-state index contributed by atoms with van der Waals surface area (Å²) in [5.74, 6) is -0.0915. The second-order valence-electron chi connectivity index (χ2n) is 3.97. The molecule has 2 amide bonds. The van der Waals surface area contributed by atoms with Gasteiger partial charge in [-0.1, -0.05) is 0 Å². The third-order valence-corrected chi connectivity index (χ3v) is 3.75. The molecule has 2 rings (SSSR count). The van der Waals surface area contributed by atoms with Crippen molar-refractivity contribution in [1.82, 2.24) is 4.90 Å². The fourth-order valence-corrected chi connectivity index (χ4v) is 2.68. The van der Waals surface area contributed by atoms with Crippen LogP contribution in [0.5, 0.6) is 0 Å². The van der Waals surface area contributed by atoms with Gasteiger partial charge in [0.05, 0.1) is 0 Å². The Morgan fingerprint density at radius 3 is 2.61 bits per heavy atom. The van der Waals surface area contributed by atoms with Crippen molar-refractivity contribution in [2.75, 3.05) is 18.0 Å². The molecule has 0 aromatic heterocycles.